The Bertz CT molecular complexity index is 568. The van der Waals surface area contributed by atoms with Gasteiger partial charge in [0.1, 0.15) is 0 Å². The maximum Gasteiger partial charge on any atom is 0.0527 e. The van der Waals surface area contributed by atoms with Crippen LogP contribution in [0.4, 0.5) is 0 Å². The lowest BCUT2D eigenvalue weighted by Crippen LogP contribution is -2.22. The van der Waals surface area contributed by atoms with E-state index in [1.165, 1.54) is 23.4 Å². The molecule has 3 rings (SSSR count). The monoisotopic (exact) mass is 273 g/mol. The SMILES string of the molecule is Cc1cn[nH]c1[C@@H]1CCN(Cc2ccnn2C(C)C)C1. The molecule has 0 aromatic carbocycles. The summed E-state index contributed by atoms with van der Waals surface area (Å²) in [6.07, 6.45) is 5.03. The summed E-state index contributed by atoms with van der Waals surface area (Å²) in [5.41, 5.74) is 3.90. The van der Waals surface area contributed by atoms with Gasteiger partial charge in [-0.25, -0.2) is 0 Å². The normalized spacial score (nSPS) is 20.1. The molecule has 1 saturated heterocycles. The fourth-order valence-corrected chi connectivity index (χ4v) is 3.14. The largest absolute Gasteiger partial charge is 0.297 e. The van der Waals surface area contributed by atoms with Crippen LogP contribution in [0.15, 0.2) is 18.5 Å². The van der Waals surface area contributed by atoms with Crippen LogP contribution in [0.3, 0.4) is 0 Å². The summed E-state index contributed by atoms with van der Waals surface area (Å²) in [5, 5.41) is 11.7. The van der Waals surface area contributed by atoms with E-state index < -0.39 is 0 Å². The zero-order valence-electron chi connectivity index (χ0n) is 12.5. The van der Waals surface area contributed by atoms with Crippen LogP contribution in [-0.4, -0.2) is 38.0 Å². The van der Waals surface area contributed by atoms with E-state index in [4.69, 9.17) is 0 Å². The second kappa shape index (κ2) is 5.40. The zero-order chi connectivity index (χ0) is 14.1. The Morgan fingerprint density at radius 1 is 1.45 bits per heavy atom. The molecule has 0 aliphatic carbocycles. The average Bonchev–Trinajstić information content (AvgIpc) is 3.09. The number of aromatic nitrogens is 4. The first-order valence-corrected chi connectivity index (χ1v) is 7.39. The quantitative estimate of drug-likeness (QED) is 0.931. The highest BCUT2D eigenvalue weighted by Gasteiger charge is 2.26. The molecule has 0 amide bonds. The fraction of sp³-hybridized carbons (Fsp3) is 0.600. The van der Waals surface area contributed by atoms with Crippen LogP contribution < -0.4 is 0 Å². The van der Waals surface area contributed by atoms with Crippen LogP contribution >= 0.6 is 0 Å². The molecule has 1 aliphatic heterocycles. The minimum absolute atomic E-state index is 0.424. The van der Waals surface area contributed by atoms with E-state index >= 15 is 0 Å². The van der Waals surface area contributed by atoms with E-state index in [9.17, 15) is 0 Å². The van der Waals surface area contributed by atoms with Gasteiger partial charge in [0.25, 0.3) is 0 Å². The molecule has 1 atom stereocenters. The molecule has 3 heterocycles. The average molecular weight is 273 g/mol. The number of nitrogens with one attached hydrogen (secondary N) is 1. The summed E-state index contributed by atoms with van der Waals surface area (Å²) >= 11 is 0. The van der Waals surface area contributed by atoms with Crippen molar-refractivity contribution >= 4 is 0 Å². The van der Waals surface area contributed by atoms with Crippen LogP contribution in [0.25, 0.3) is 0 Å². The molecule has 5 heteroatoms. The third-order valence-electron chi connectivity index (χ3n) is 4.18. The summed E-state index contributed by atoms with van der Waals surface area (Å²) < 4.78 is 2.12. The number of aromatic amines is 1. The van der Waals surface area contributed by atoms with Crippen molar-refractivity contribution in [2.75, 3.05) is 13.1 Å². The minimum Gasteiger partial charge on any atom is -0.297 e. The molecule has 0 unspecified atom stereocenters. The van der Waals surface area contributed by atoms with E-state index in [0.717, 1.165) is 19.6 Å². The summed E-state index contributed by atoms with van der Waals surface area (Å²) in [7, 11) is 0. The number of hydrogen-bond donors (Lipinski definition) is 1. The van der Waals surface area contributed by atoms with E-state index in [2.05, 4.69) is 51.7 Å². The van der Waals surface area contributed by atoms with E-state index in [1.54, 1.807) is 0 Å². The van der Waals surface area contributed by atoms with Gasteiger partial charge in [-0.1, -0.05) is 0 Å². The van der Waals surface area contributed by atoms with Gasteiger partial charge in [0, 0.05) is 36.9 Å². The number of rotatable bonds is 4. The highest BCUT2D eigenvalue weighted by atomic mass is 15.3. The van der Waals surface area contributed by atoms with E-state index in [0.29, 0.717) is 12.0 Å². The Hall–Kier alpha value is -1.62. The zero-order valence-corrected chi connectivity index (χ0v) is 12.5. The Balaban J connectivity index is 1.66. The van der Waals surface area contributed by atoms with Gasteiger partial charge in [0.15, 0.2) is 0 Å². The highest BCUT2D eigenvalue weighted by Crippen LogP contribution is 2.28. The van der Waals surface area contributed by atoms with Gasteiger partial charge in [-0.2, -0.15) is 10.2 Å². The molecule has 0 radical (unpaired) electrons. The summed E-state index contributed by atoms with van der Waals surface area (Å²) in [6, 6.07) is 2.56. The van der Waals surface area contributed by atoms with Crippen molar-refractivity contribution in [2.24, 2.45) is 0 Å². The lowest BCUT2D eigenvalue weighted by atomic mass is 10.0. The maximum absolute atomic E-state index is 4.41. The fourth-order valence-electron chi connectivity index (χ4n) is 3.14. The third kappa shape index (κ3) is 2.50. The predicted molar refractivity (Wildman–Crippen MR) is 78.6 cm³/mol. The van der Waals surface area contributed by atoms with Crippen molar-refractivity contribution in [3.63, 3.8) is 0 Å². The highest BCUT2D eigenvalue weighted by molar-refractivity contribution is 5.20. The molecular weight excluding hydrogens is 250 g/mol. The summed E-state index contributed by atoms with van der Waals surface area (Å²) in [6.45, 7) is 9.73. The number of likely N-dealkylation sites (tertiary alicyclic amines) is 1. The standard InChI is InChI=1S/C15H23N5/c1-11(2)20-14(4-6-17-20)10-19-7-5-13(9-19)15-12(3)8-16-18-15/h4,6,8,11,13H,5,7,9-10H2,1-3H3,(H,16,18)/t13-/m1/s1. The van der Waals surface area contributed by atoms with Crippen molar-refractivity contribution in [3.05, 3.63) is 35.4 Å². The topological polar surface area (TPSA) is 49.7 Å². The molecule has 1 N–H and O–H groups in total. The molecule has 108 valence electrons. The molecule has 0 bridgehead atoms. The van der Waals surface area contributed by atoms with Gasteiger partial charge in [-0.3, -0.25) is 14.7 Å². The second-order valence-electron chi connectivity index (χ2n) is 6.05. The van der Waals surface area contributed by atoms with E-state index in [1.807, 2.05) is 12.4 Å². The molecule has 0 spiro atoms. The first-order chi connectivity index (χ1) is 9.65. The van der Waals surface area contributed by atoms with Gasteiger partial charge >= 0.3 is 0 Å². The number of nitrogens with zero attached hydrogens (tertiary/aromatic N) is 4. The summed E-state index contributed by atoms with van der Waals surface area (Å²) in [5.74, 6) is 0.591. The van der Waals surface area contributed by atoms with Crippen LogP contribution in [0.5, 0.6) is 0 Å². The van der Waals surface area contributed by atoms with Crippen molar-refractivity contribution in [1.82, 2.24) is 24.9 Å². The van der Waals surface area contributed by atoms with Crippen LogP contribution in [0, 0.1) is 6.92 Å². The third-order valence-corrected chi connectivity index (χ3v) is 4.18. The Morgan fingerprint density at radius 2 is 2.30 bits per heavy atom. The number of H-pyrrole nitrogens is 1. The number of aryl methyl sites for hydroxylation is 1. The van der Waals surface area contributed by atoms with Gasteiger partial charge in [-0.15, -0.1) is 0 Å². The smallest absolute Gasteiger partial charge is 0.0527 e. The first kappa shape index (κ1) is 13.4. The van der Waals surface area contributed by atoms with Crippen molar-refractivity contribution in [1.29, 1.82) is 0 Å². The van der Waals surface area contributed by atoms with Gasteiger partial charge in [0.2, 0.25) is 0 Å². The molecule has 2 aromatic rings. The summed E-state index contributed by atoms with van der Waals surface area (Å²) in [4.78, 5) is 2.51. The second-order valence-corrected chi connectivity index (χ2v) is 6.05. The van der Waals surface area contributed by atoms with Crippen molar-refractivity contribution < 1.29 is 0 Å². The minimum atomic E-state index is 0.424. The van der Waals surface area contributed by atoms with Crippen LogP contribution in [0.2, 0.25) is 0 Å². The molecule has 0 saturated carbocycles. The molecular formula is C15H23N5. The molecule has 1 fully saturated rings. The van der Waals surface area contributed by atoms with Crippen LogP contribution in [0.1, 0.15) is 49.2 Å². The van der Waals surface area contributed by atoms with Gasteiger partial charge in [0.05, 0.1) is 11.9 Å². The molecule has 2 aromatic heterocycles. The molecule has 5 nitrogen and oxygen atoms in total. The Kier molecular flexibility index (Phi) is 3.61. The van der Waals surface area contributed by atoms with Crippen molar-refractivity contribution in [3.8, 4) is 0 Å². The van der Waals surface area contributed by atoms with E-state index in [-0.39, 0.29) is 0 Å². The van der Waals surface area contributed by atoms with Crippen molar-refractivity contribution in [2.45, 2.75) is 45.7 Å². The first-order valence-electron chi connectivity index (χ1n) is 7.39. The Labute approximate surface area is 120 Å². The Morgan fingerprint density at radius 3 is 3.00 bits per heavy atom. The van der Waals surface area contributed by atoms with Crippen LogP contribution in [-0.2, 0) is 6.54 Å². The molecule has 20 heavy (non-hydrogen) atoms. The predicted octanol–water partition coefficient (Wildman–Crippen LogP) is 2.49. The van der Waals surface area contributed by atoms with Gasteiger partial charge in [-0.05, 0) is 45.4 Å². The number of hydrogen-bond acceptors (Lipinski definition) is 3. The lowest BCUT2D eigenvalue weighted by Gasteiger charge is -2.18. The maximum atomic E-state index is 4.41. The molecule has 1 aliphatic rings. The lowest BCUT2D eigenvalue weighted by molar-refractivity contribution is 0.309. The van der Waals surface area contributed by atoms with Gasteiger partial charge < -0.3 is 0 Å².